The van der Waals surface area contributed by atoms with E-state index < -0.39 is 0 Å². The lowest BCUT2D eigenvalue weighted by Crippen LogP contribution is -2.34. The first-order chi connectivity index (χ1) is 12.3. The molecule has 1 aliphatic rings. The molecule has 1 fully saturated rings. The van der Waals surface area contributed by atoms with Crippen molar-refractivity contribution in [1.82, 2.24) is 15.1 Å². The molecule has 0 saturated carbocycles. The molecule has 25 heavy (non-hydrogen) atoms. The summed E-state index contributed by atoms with van der Waals surface area (Å²) in [5.41, 5.74) is 0.713. The highest BCUT2D eigenvalue weighted by atomic mass is 16.5. The third kappa shape index (κ3) is 4.79. The van der Waals surface area contributed by atoms with Crippen LogP contribution in [0.1, 0.15) is 32.6 Å². The summed E-state index contributed by atoms with van der Waals surface area (Å²) < 4.78 is 11.2. The molecule has 2 aromatic rings. The predicted molar refractivity (Wildman–Crippen MR) is 94.4 cm³/mol. The predicted octanol–water partition coefficient (Wildman–Crippen LogP) is 2.95. The number of benzene rings is 1. The van der Waals surface area contributed by atoms with Gasteiger partial charge in [0.2, 0.25) is 5.91 Å². The normalized spacial score (nSPS) is 15.6. The summed E-state index contributed by atoms with van der Waals surface area (Å²) in [7, 11) is 0. The zero-order chi connectivity index (χ0) is 17.5. The Labute approximate surface area is 147 Å². The highest BCUT2D eigenvalue weighted by molar-refractivity contribution is 5.90. The molecular formula is C18H24N4O3. The van der Waals surface area contributed by atoms with E-state index in [0.29, 0.717) is 30.4 Å². The van der Waals surface area contributed by atoms with Crippen LogP contribution < -0.4 is 10.1 Å². The van der Waals surface area contributed by atoms with E-state index in [1.165, 1.54) is 12.8 Å². The molecule has 0 atom stereocenters. The number of hydrogen-bond acceptors (Lipinski definition) is 6. The van der Waals surface area contributed by atoms with Crippen LogP contribution >= 0.6 is 0 Å². The quantitative estimate of drug-likeness (QED) is 0.868. The van der Waals surface area contributed by atoms with Gasteiger partial charge in [0.1, 0.15) is 5.75 Å². The van der Waals surface area contributed by atoms with Crippen molar-refractivity contribution in [2.45, 2.75) is 32.6 Å². The summed E-state index contributed by atoms with van der Waals surface area (Å²) in [5, 5.41) is 10.6. The van der Waals surface area contributed by atoms with Crippen LogP contribution in [0.3, 0.4) is 0 Å². The number of ether oxygens (including phenoxy) is 1. The Bertz CT molecular complexity index is 693. The van der Waals surface area contributed by atoms with Crippen molar-refractivity contribution in [2.24, 2.45) is 0 Å². The summed E-state index contributed by atoms with van der Waals surface area (Å²) in [6, 6.07) is 7.57. The van der Waals surface area contributed by atoms with E-state index in [0.717, 1.165) is 25.9 Å². The summed E-state index contributed by atoms with van der Waals surface area (Å²) in [6.45, 7) is 4.74. The first kappa shape index (κ1) is 17.4. The molecular weight excluding hydrogens is 320 g/mol. The average molecular weight is 344 g/mol. The summed E-state index contributed by atoms with van der Waals surface area (Å²) in [4.78, 5) is 14.4. The second-order valence-corrected chi connectivity index (χ2v) is 6.08. The Kier molecular flexibility index (Phi) is 6.00. The molecule has 0 aliphatic carbocycles. The van der Waals surface area contributed by atoms with Crippen LogP contribution in [-0.4, -0.2) is 47.2 Å². The van der Waals surface area contributed by atoms with E-state index in [1.54, 1.807) is 0 Å². The number of carbonyl (C=O) groups is 1. The van der Waals surface area contributed by atoms with Crippen LogP contribution in [0.2, 0.25) is 0 Å². The van der Waals surface area contributed by atoms with Crippen molar-refractivity contribution < 1.29 is 13.9 Å². The van der Waals surface area contributed by atoms with Gasteiger partial charge in [-0.25, -0.2) is 0 Å². The smallest absolute Gasteiger partial charge is 0.322 e. The van der Waals surface area contributed by atoms with Crippen molar-refractivity contribution in [3.8, 4) is 17.2 Å². The molecule has 2 heterocycles. The molecule has 1 aromatic carbocycles. The molecule has 1 saturated heterocycles. The van der Waals surface area contributed by atoms with Gasteiger partial charge < -0.3 is 9.15 Å². The van der Waals surface area contributed by atoms with Gasteiger partial charge in [0.15, 0.2) is 0 Å². The van der Waals surface area contributed by atoms with E-state index >= 15 is 0 Å². The van der Waals surface area contributed by atoms with Crippen LogP contribution in [0.25, 0.3) is 11.5 Å². The van der Waals surface area contributed by atoms with Crippen LogP contribution in [0, 0.1) is 0 Å². The maximum Gasteiger partial charge on any atom is 0.322 e. The maximum absolute atomic E-state index is 12.2. The van der Waals surface area contributed by atoms with Crippen molar-refractivity contribution in [3.05, 3.63) is 24.3 Å². The number of carbonyl (C=O) groups excluding carboxylic acids is 1. The molecule has 1 aromatic heterocycles. The van der Waals surface area contributed by atoms with E-state index in [9.17, 15) is 4.79 Å². The molecule has 0 spiro atoms. The Morgan fingerprint density at radius 1 is 1.20 bits per heavy atom. The van der Waals surface area contributed by atoms with Gasteiger partial charge in [0.25, 0.3) is 5.89 Å². The number of rotatable bonds is 6. The van der Waals surface area contributed by atoms with Gasteiger partial charge in [0, 0.05) is 0 Å². The number of nitrogens with one attached hydrogen (secondary N) is 1. The molecule has 0 unspecified atom stereocenters. The van der Waals surface area contributed by atoms with E-state index in [2.05, 4.69) is 20.4 Å². The van der Waals surface area contributed by atoms with Gasteiger partial charge in [-0.1, -0.05) is 30.1 Å². The minimum absolute atomic E-state index is 0.112. The zero-order valence-corrected chi connectivity index (χ0v) is 14.5. The van der Waals surface area contributed by atoms with Gasteiger partial charge in [-0.15, -0.1) is 5.10 Å². The van der Waals surface area contributed by atoms with Crippen LogP contribution in [0.5, 0.6) is 5.75 Å². The molecule has 3 rings (SSSR count). The Hall–Kier alpha value is -2.41. The van der Waals surface area contributed by atoms with Crippen LogP contribution in [0.4, 0.5) is 6.01 Å². The van der Waals surface area contributed by atoms with Gasteiger partial charge in [-0.2, -0.15) is 0 Å². The van der Waals surface area contributed by atoms with E-state index in [4.69, 9.17) is 9.15 Å². The third-order valence-corrected chi connectivity index (χ3v) is 4.15. The molecule has 1 aliphatic heterocycles. The topological polar surface area (TPSA) is 80.5 Å². The minimum Gasteiger partial charge on any atom is -0.493 e. The summed E-state index contributed by atoms with van der Waals surface area (Å²) in [5.74, 6) is 0.875. The third-order valence-electron chi connectivity index (χ3n) is 4.15. The van der Waals surface area contributed by atoms with Crippen LogP contribution in [-0.2, 0) is 4.79 Å². The second kappa shape index (κ2) is 8.62. The van der Waals surface area contributed by atoms with E-state index in [1.807, 2.05) is 31.2 Å². The summed E-state index contributed by atoms with van der Waals surface area (Å²) in [6.07, 6.45) is 4.77. The fraction of sp³-hybridized carbons (Fsp3) is 0.500. The Morgan fingerprint density at radius 2 is 1.96 bits per heavy atom. The first-order valence-electron chi connectivity index (χ1n) is 8.84. The average Bonchev–Trinajstić information content (AvgIpc) is 2.91. The van der Waals surface area contributed by atoms with Crippen LogP contribution in [0.15, 0.2) is 28.7 Å². The van der Waals surface area contributed by atoms with E-state index in [-0.39, 0.29) is 11.9 Å². The molecule has 1 amide bonds. The molecule has 0 bridgehead atoms. The van der Waals surface area contributed by atoms with Gasteiger partial charge in [-0.3, -0.25) is 15.0 Å². The van der Waals surface area contributed by atoms with Crippen molar-refractivity contribution in [3.63, 3.8) is 0 Å². The van der Waals surface area contributed by atoms with Crippen molar-refractivity contribution in [1.29, 1.82) is 0 Å². The lowest BCUT2D eigenvalue weighted by molar-refractivity contribution is -0.117. The Balaban J connectivity index is 1.62. The first-order valence-corrected chi connectivity index (χ1v) is 8.84. The largest absolute Gasteiger partial charge is 0.493 e. The molecule has 0 radical (unpaired) electrons. The number of anilines is 1. The summed E-state index contributed by atoms with van der Waals surface area (Å²) >= 11 is 0. The minimum atomic E-state index is -0.129. The molecule has 7 nitrogen and oxygen atoms in total. The molecule has 134 valence electrons. The van der Waals surface area contributed by atoms with Crippen molar-refractivity contribution >= 4 is 11.9 Å². The van der Waals surface area contributed by atoms with Gasteiger partial charge in [0.05, 0.1) is 18.7 Å². The SMILES string of the molecule is CCOc1ccccc1-c1nnc(NC(=O)CN2CCCCCC2)o1. The van der Waals surface area contributed by atoms with Gasteiger partial charge >= 0.3 is 6.01 Å². The lowest BCUT2D eigenvalue weighted by Gasteiger charge is -2.18. The number of nitrogens with zero attached hydrogens (tertiary/aromatic N) is 3. The number of likely N-dealkylation sites (tertiary alicyclic amines) is 1. The Morgan fingerprint density at radius 3 is 2.72 bits per heavy atom. The fourth-order valence-electron chi connectivity index (χ4n) is 2.96. The number of para-hydroxylation sites is 1. The van der Waals surface area contributed by atoms with Gasteiger partial charge in [-0.05, 0) is 45.0 Å². The zero-order valence-electron chi connectivity index (χ0n) is 14.5. The second-order valence-electron chi connectivity index (χ2n) is 6.08. The van der Waals surface area contributed by atoms with Crippen molar-refractivity contribution in [2.75, 3.05) is 31.6 Å². The maximum atomic E-state index is 12.2. The highest BCUT2D eigenvalue weighted by Gasteiger charge is 2.17. The lowest BCUT2D eigenvalue weighted by atomic mass is 10.2. The number of hydrogen-bond donors (Lipinski definition) is 1. The molecule has 1 N–H and O–H groups in total. The standard InChI is InChI=1S/C18H24N4O3/c1-2-24-15-10-6-5-9-14(15)17-20-21-18(25-17)19-16(23)13-22-11-7-3-4-8-12-22/h5-6,9-10H,2-4,7-8,11-13H2,1H3,(H,19,21,23). The monoisotopic (exact) mass is 344 g/mol. The highest BCUT2D eigenvalue weighted by Crippen LogP contribution is 2.29. The number of aromatic nitrogens is 2. The number of amides is 1. The molecule has 7 heteroatoms. The fourth-order valence-corrected chi connectivity index (χ4v) is 2.96.